The molecule has 1 aliphatic carbocycles. The van der Waals surface area contributed by atoms with Crippen LogP contribution in [0.2, 0.25) is 0 Å². The maximum atomic E-state index is 14.8. The van der Waals surface area contributed by atoms with Gasteiger partial charge in [0, 0.05) is 27.9 Å². The number of aromatic nitrogens is 1. The molecule has 0 spiro atoms. The highest BCUT2D eigenvalue weighted by atomic mass is 127. The minimum atomic E-state index is -3.50. The Kier molecular flexibility index (Phi) is 6.88. The van der Waals surface area contributed by atoms with E-state index in [9.17, 15) is 22.4 Å². The van der Waals surface area contributed by atoms with Crippen molar-refractivity contribution in [1.82, 2.24) is 9.47 Å². The van der Waals surface area contributed by atoms with E-state index >= 15 is 0 Å². The van der Waals surface area contributed by atoms with Gasteiger partial charge in [-0.25, -0.2) is 12.8 Å². The van der Waals surface area contributed by atoms with Crippen LogP contribution in [0.5, 0.6) is 0 Å². The van der Waals surface area contributed by atoms with Crippen LogP contribution in [-0.4, -0.2) is 42.3 Å². The second-order valence-corrected chi connectivity index (χ2v) is 12.7. The van der Waals surface area contributed by atoms with Gasteiger partial charge in [0.2, 0.25) is 10.0 Å². The van der Waals surface area contributed by atoms with Crippen LogP contribution in [0.3, 0.4) is 0 Å². The smallest absolute Gasteiger partial charge is 0.261 e. The fourth-order valence-corrected chi connectivity index (χ4v) is 5.71. The third kappa shape index (κ3) is 4.86. The summed E-state index contributed by atoms with van der Waals surface area (Å²) >= 11 is 2.01. The van der Waals surface area contributed by atoms with Crippen molar-refractivity contribution in [3.63, 3.8) is 0 Å². The van der Waals surface area contributed by atoms with Gasteiger partial charge in [0.05, 0.1) is 29.5 Å². The Balaban J connectivity index is 1.70. The lowest BCUT2D eigenvalue weighted by Gasteiger charge is -2.40. The number of fused-ring (bicyclic) bond motifs is 1. The van der Waals surface area contributed by atoms with Crippen LogP contribution in [0.1, 0.15) is 35.7 Å². The van der Waals surface area contributed by atoms with Crippen LogP contribution >= 0.6 is 22.6 Å². The number of carbonyl (C=O) groups excluding carboxylic acids is 1. The predicted octanol–water partition coefficient (Wildman–Crippen LogP) is 4.66. The van der Waals surface area contributed by atoms with Gasteiger partial charge in [-0.3, -0.25) is 18.9 Å². The normalized spacial score (nSPS) is 15.4. The van der Waals surface area contributed by atoms with Gasteiger partial charge in [0.25, 0.3) is 11.5 Å². The average Bonchev–Trinajstić information content (AvgIpc) is 3.72. The minimum Gasteiger partial charge on any atom is -0.338 e. The summed E-state index contributed by atoms with van der Waals surface area (Å²) in [6.07, 6.45) is 1.73. The lowest BCUT2D eigenvalue weighted by molar-refractivity contribution is 0.0734. The summed E-state index contributed by atoms with van der Waals surface area (Å²) in [6.45, 7) is 3.41. The lowest BCUT2D eigenvalue weighted by atomic mass is 10.0. The number of amides is 1. The predicted molar refractivity (Wildman–Crippen MR) is 155 cm³/mol. The number of halogens is 2. The Morgan fingerprint density at radius 3 is 2.53 bits per heavy atom. The molecule has 9 nitrogen and oxygen atoms in total. The fourth-order valence-electron chi connectivity index (χ4n) is 4.62. The standard InChI is InChI=1S/C26H27FIN5O4S/c1-4-38(36,37)30-17-6-5-7-19(13-17)32-14-33(18-9-10-18)26(35)22-23(32)15(2)25(34)31(3)24(22)29-21-11-8-16(28)12-20(21)27/h5-8,11-13,18,29-30H,4,9-10,14H2,1-3H3. The van der Waals surface area contributed by atoms with E-state index in [1.54, 1.807) is 62.2 Å². The zero-order valence-electron chi connectivity index (χ0n) is 21.1. The monoisotopic (exact) mass is 651 g/mol. The van der Waals surface area contributed by atoms with Crippen molar-refractivity contribution in [3.05, 3.63) is 73.3 Å². The third-order valence-electron chi connectivity index (χ3n) is 6.81. The summed E-state index contributed by atoms with van der Waals surface area (Å²) in [5.74, 6) is -0.631. The molecule has 1 aliphatic heterocycles. The number of nitrogens with one attached hydrogen (secondary N) is 2. The molecule has 1 amide bonds. The van der Waals surface area contributed by atoms with Crippen LogP contribution in [0, 0.1) is 16.3 Å². The van der Waals surface area contributed by atoms with E-state index < -0.39 is 15.8 Å². The molecule has 0 atom stereocenters. The van der Waals surface area contributed by atoms with Crippen molar-refractivity contribution in [2.24, 2.45) is 7.05 Å². The number of carbonyl (C=O) groups is 1. The quantitative estimate of drug-likeness (QED) is 0.361. The van der Waals surface area contributed by atoms with Gasteiger partial charge < -0.3 is 15.1 Å². The zero-order valence-corrected chi connectivity index (χ0v) is 24.1. The van der Waals surface area contributed by atoms with E-state index in [0.717, 1.165) is 12.8 Å². The fraction of sp³-hybridized carbons (Fsp3) is 0.308. The summed E-state index contributed by atoms with van der Waals surface area (Å²) in [5.41, 5.74) is 1.84. The molecular formula is C26H27FIN5O4S. The average molecular weight is 652 g/mol. The number of hydrogen-bond acceptors (Lipinski definition) is 6. The van der Waals surface area contributed by atoms with Gasteiger partial charge in [-0.15, -0.1) is 0 Å². The van der Waals surface area contributed by atoms with Gasteiger partial charge >= 0.3 is 0 Å². The summed E-state index contributed by atoms with van der Waals surface area (Å²) < 4.78 is 43.8. The molecule has 0 bridgehead atoms. The van der Waals surface area contributed by atoms with Crippen molar-refractivity contribution >= 4 is 67.1 Å². The second-order valence-electron chi connectivity index (χ2n) is 9.44. The van der Waals surface area contributed by atoms with Gasteiger partial charge in [-0.05, 0) is 85.7 Å². The first-order chi connectivity index (χ1) is 18.0. The maximum absolute atomic E-state index is 14.8. The first kappa shape index (κ1) is 26.5. The molecule has 2 N–H and O–H groups in total. The van der Waals surface area contributed by atoms with Gasteiger partial charge in [0.15, 0.2) is 0 Å². The molecule has 5 rings (SSSR count). The molecule has 38 heavy (non-hydrogen) atoms. The van der Waals surface area contributed by atoms with E-state index in [4.69, 9.17) is 0 Å². The first-order valence-corrected chi connectivity index (χ1v) is 14.9. The molecule has 1 fully saturated rings. The molecule has 12 heteroatoms. The molecule has 0 unspecified atom stereocenters. The summed E-state index contributed by atoms with van der Waals surface area (Å²) in [4.78, 5) is 30.9. The topological polar surface area (TPSA) is 104 Å². The van der Waals surface area contributed by atoms with Crippen molar-refractivity contribution in [1.29, 1.82) is 0 Å². The number of pyridine rings is 1. The van der Waals surface area contributed by atoms with E-state index in [-0.39, 0.29) is 47.0 Å². The maximum Gasteiger partial charge on any atom is 0.261 e. The summed E-state index contributed by atoms with van der Waals surface area (Å²) in [5, 5.41) is 3.02. The van der Waals surface area contributed by atoms with Crippen LogP contribution in [0.25, 0.3) is 0 Å². The molecule has 200 valence electrons. The Bertz CT molecular complexity index is 1620. The summed E-state index contributed by atoms with van der Waals surface area (Å²) in [6, 6.07) is 11.6. The molecule has 1 saturated carbocycles. The first-order valence-electron chi connectivity index (χ1n) is 12.2. The van der Waals surface area contributed by atoms with Crippen LogP contribution in [0.4, 0.5) is 33.0 Å². The lowest BCUT2D eigenvalue weighted by Crippen LogP contribution is -2.48. The van der Waals surface area contributed by atoms with Gasteiger partial charge in [-0.2, -0.15) is 0 Å². The van der Waals surface area contributed by atoms with Crippen molar-refractivity contribution < 1.29 is 17.6 Å². The van der Waals surface area contributed by atoms with Crippen LogP contribution in [0.15, 0.2) is 47.3 Å². The van der Waals surface area contributed by atoms with E-state index in [1.165, 1.54) is 10.6 Å². The summed E-state index contributed by atoms with van der Waals surface area (Å²) in [7, 11) is -1.95. The van der Waals surface area contributed by atoms with Crippen LogP contribution in [-0.2, 0) is 17.1 Å². The third-order valence-corrected chi connectivity index (χ3v) is 8.79. The highest BCUT2D eigenvalue weighted by Gasteiger charge is 2.42. The second kappa shape index (κ2) is 9.88. The molecule has 2 aliphatic rings. The molecule has 0 saturated heterocycles. The minimum absolute atomic E-state index is 0.0559. The molecule has 3 aromatic rings. The molecule has 2 heterocycles. The number of anilines is 5. The van der Waals surface area contributed by atoms with Crippen LogP contribution < -0.4 is 20.5 Å². The van der Waals surface area contributed by atoms with E-state index in [0.29, 0.717) is 26.2 Å². The van der Waals surface area contributed by atoms with Crippen molar-refractivity contribution in [2.75, 3.05) is 27.4 Å². The van der Waals surface area contributed by atoms with E-state index in [2.05, 4.69) is 10.0 Å². The largest absolute Gasteiger partial charge is 0.338 e. The van der Waals surface area contributed by atoms with E-state index in [1.807, 2.05) is 27.5 Å². The molecule has 1 aromatic heterocycles. The van der Waals surface area contributed by atoms with Crippen molar-refractivity contribution in [2.45, 2.75) is 32.7 Å². The van der Waals surface area contributed by atoms with Gasteiger partial charge in [0.1, 0.15) is 17.2 Å². The number of benzene rings is 2. The number of hydrogen-bond donors (Lipinski definition) is 2. The number of sulfonamides is 1. The SMILES string of the molecule is CCS(=O)(=O)Nc1cccc(N2CN(C3CC3)C(=O)c3c2c(C)c(=O)n(C)c3Nc2ccc(I)cc2F)c1. The molecule has 0 radical (unpaired) electrons. The molecular weight excluding hydrogens is 624 g/mol. The highest BCUT2D eigenvalue weighted by molar-refractivity contribution is 14.1. The zero-order chi connectivity index (χ0) is 27.4. The number of nitrogens with zero attached hydrogens (tertiary/aromatic N) is 3. The Hall–Kier alpha value is -3.13. The van der Waals surface area contributed by atoms with Gasteiger partial charge in [-0.1, -0.05) is 6.07 Å². The Morgan fingerprint density at radius 1 is 1.13 bits per heavy atom. The molecule has 2 aromatic carbocycles. The van der Waals surface area contributed by atoms with Crippen molar-refractivity contribution in [3.8, 4) is 0 Å². The Labute approximate surface area is 233 Å². The Morgan fingerprint density at radius 2 is 1.87 bits per heavy atom. The highest BCUT2D eigenvalue weighted by Crippen LogP contribution is 2.43. The number of rotatable bonds is 7.